The largest absolute Gasteiger partial charge is 0.310 e. The van der Waals surface area contributed by atoms with Crippen molar-refractivity contribution in [3.63, 3.8) is 0 Å². The first kappa shape index (κ1) is 44.5. The van der Waals surface area contributed by atoms with E-state index < -0.39 is 0 Å². The number of anilines is 6. The second-order valence-electron chi connectivity index (χ2n) is 19.6. The smallest absolute Gasteiger partial charge is 0.0520 e. The zero-order chi connectivity index (χ0) is 43.5. The van der Waals surface area contributed by atoms with Gasteiger partial charge in [-0.1, -0.05) is 129 Å². The Bertz CT molecular complexity index is 2200. The summed E-state index contributed by atoms with van der Waals surface area (Å²) in [5.74, 6) is 0. The average molecular weight is 797 g/mol. The molecular formula is C58H72N2. The third-order valence-electron chi connectivity index (χ3n) is 12.4. The van der Waals surface area contributed by atoms with Gasteiger partial charge in [-0.15, -0.1) is 0 Å². The van der Waals surface area contributed by atoms with Crippen molar-refractivity contribution < 1.29 is 0 Å². The Morgan fingerprint density at radius 3 is 0.933 bits per heavy atom. The molecule has 0 heterocycles. The number of rotatable bonds is 13. The molecule has 0 saturated heterocycles. The first-order valence-electron chi connectivity index (χ1n) is 22.6. The third-order valence-corrected chi connectivity index (χ3v) is 12.4. The lowest BCUT2D eigenvalue weighted by Gasteiger charge is -2.31. The summed E-state index contributed by atoms with van der Waals surface area (Å²) in [7, 11) is 0. The van der Waals surface area contributed by atoms with Crippen LogP contribution in [0.5, 0.6) is 0 Å². The molecule has 2 heteroatoms. The molecule has 0 unspecified atom stereocenters. The van der Waals surface area contributed by atoms with Crippen molar-refractivity contribution in [3.8, 4) is 11.1 Å². The van der Waals surface area contributed by atoms with E-state index >= 15 is 0 Å². The van der Waals surface area contributed by atoms with Gasteiger partial charge in [-0.05, 0) is 193 Å². The second-order valence-corrected chi connectivity index (χ2v) is 19.6. The van der Waals surface area contributed by atoms with Crippen molar-refractivity contribution in [1.82, 2.24) is 0 Å². The standard InChI is InChI=1S/C58H72N2/c1-15-17-19-45-33-41(5)55(42(6)34-45)59(49-25-21-47(22-26-49)57(9,10)11)51-29-31-53(39(3)37-51)54-32-30-52(38-40(54)4)60(50-27-23-48(24-28-50)58(12,13)14)56-43(7)35-46(20-18-16-2)36-44(56)8/h21-38H,15-20H2,1-14H3. The molecule has 6 aromatic rings. The van der Waals surface area contributed by atoms with Gasteiger partial charge in [0, 0.05) is 22.7 Å². The van der Waals surface area contributed by atoms with Crippen molar-refractivity contribution in [3.05, 3.63) is 165 Å². The van der Waals surface area contributed by atoms with Gasteiger partial charge in [0.05, 0.1) is 11.4 Å². The highest BCUT2D eigenvalue weighted by atomic mass is 15.2. The van der Waals surface area contributed by atoms with E-state index in [1.54, 1.807) is 0 Å². The molecule has 0 aliphatic rings. The van der Waals surface area contributed by atoms with E-state index in [1.807, 2.05) is 0 Å². The fourth-order valence-electron chi connectivity index (χ4n) is 9.06. The molecule has 0 N–H and O–H groups in total. The maximum absolute atomic E-state index is 2.48. The van der Waals surface area contributed by atoms with Crippen LogP contribution in [0, 0.1) is 41.5 Å². The lowest BCUT2D eigenvalue weighted by molar-refractivity contribution is 0.590. The van der Waals surface area contributed by atoms with Gasteiger partial charge in [-0.2, -0.15) is 0 Å². The number of nitrogens with zero attached hydrogens (tertiary/aromatic N) is 2. The van der Waals surface area contributed by atoms with Gasteiger partial charge in [-0.3, -0.25) is 0 Å². The van der Waals surface area contributed by atoms with E-state index in [4.69, 9.17) is 0 Å². The van der Waals surface area contributed by atoms with Crippen LogP contribution in [0.25, 0.3) is 11.1 Å². The minimum Gasteiger partial charge on any atom is -0.310 e. The number of hydrogen-bond acceptors (Lipinski definition) is 2. The molecule has 0 saturated carbocycles. The van der Waals surface area contributed by atoms with Crippen LogP contribution in [0.1, 0.15) is 137 Å². The average Bonchev–Trinajstić information content (AvgIpc) is 3.18. The van der Waals surface area contributed by atoms with Crippen molar-refractivity contribution in [2.24, 2.45) is 0 Å². The monoisotopic (exact) mass is 797 g/mol. The van der Waals surface area contributed by atoms with E-state index in [2.05, 4.69) is 216 Å². The lowest BCUT2D eigenvalue weighted by Crippen LogP contribution is -2.15. The zero-order valence-electron chi connectivity index (χ0n) is 39.5. The van der Waals surface area contributed by atoms with Gasteiger partial charge >= 0.3 is 0 Å². The van der Waals surface area contributed by atoms with Gasteiger partial charge in [0.25, 0.3) is 0 Å². The summed E-state index contributed by atoms with van der Waals surface area (Å²) in [6.45, 7) is 32.0. The van der Waals surface area contributed by atoms with Crippen LogP contribution in [-0.4, -0.2) is 0 Å². The summed E-state index contributed by atoms with van der Waals surface area (Å²) in [6.07, 6.45) is 7.08. The molecule has 314 valence electrons. The highest BCUT2D eigenvalue weighted by Gasteiger charge is 2.23. The first-order chi connectivity index (χ1) is 28.4. The summed E-state index contributed by atoms with van der Waals surface area (Å²) >= 11 is 0. The predicted octanol–water partition coefficient (Wildman–Crippen LogP) is 17.4. The fourth-order valence-corrected chi connectivity index (χ4v) is 9.06. The van der Waals surface area contributed by atoms with Gasteiger partial charge < -0.3 is 9.80 Å². The van der Waals surface area contributed by atoms with Crippen LogP contribution in [0.3, 0.4) is 0 Å². The van der Waals surface area contributed by atoms with Crippen molar-refractivity contribution >= 4 is 34.1 Å². The van der Waals surface area contributed by atoms with Gasteiger partial charge in [0.1, 0.15) is 0 Å². The van der Waals surface area contributed by atoms with E-state index in [0.717, 1.165) is 12.8 Å². The van der Waals surface area contributed by atoms with Crippen molar-refractivity contribution in [2.45, 2.75) is 146 Å². The quantitative estimate of drug-likeness (QED) is 0.115. The van der Waals surface area contributed by atoms with Crippen LogP contribution < -0.4 is 9.80 Å². The molecule has 0 aromatic heterocycles. The Hall–Kier alpha value is -5.08. The summed E-state index contributed by atoms with van der Waals surface area (Å²) in [6, 6.07) is 42.2. The number of unbranched alkanes of at least 4 members (excludes halogenated alkanes) is 2. The van der Waals surface area contributed by atoms with E-state index in [-0.39, 0.29) is 10.8 Å². The molecule has 0 amide bonds. The number of hydrogen-bond donors (Lipinski definition) is 0. The SMILES string of the molecule is CCCCc1cc(C)c(N(c2ccc(C(C)(C)C)cc2)c2ccc(-c3ccc(N(c4ccc(C(C)(C)C)cc4)c4c(C)cc(CCCC)cc4C)cc3C)c(C)c2)c(C)c1. The van der Waals surface area contributed by atoms with Crippen LogP contribution in [-0.2, 0) is 23.7 Å². The highest BCUT2D eigenvalue weighted by molar-refractivity contribution is 5.86. The molecule has 60 heavy (non-hydrogen) atoms. The second kappa shape index (κ2) is 18.3. The molecule has 6 rings (SSSR count). The Morgan fingerprint density at radius 1 is 0.367 bits per heavy atom. The van der Waals surface area contributed by atoms with E-state index in [1.165, 1.54) is 127 Å². The van der Waals surface area contributed by atoms with Crippen LogP contribution >= 0.6 is 0 Å². The Morgan fingerprint density at radius 2 is 0.667 bits per heavy atom. The normalized spacial score (nSPS) is 11.9. The fraction of sp³-hybridized carbons (Fsp3) is 0.379. The summed E-state index contributed by atoms with van der Waals surface area (Å²) in [5.41, 5.74) is 23.3. The maximum atomic E-state index is 2.48. The van der Waals surface area contributed by atoms with E-state index in [9.17, 15) is 0 Å². The molecular weight excluding hydrogens is 725 g/mol. The minimum atomic E-state index is 0.0895. The molecule has 0 aliphatic carbocycles. The minimum absolute atomic E-state index is 0.0895. The highest BCUT2D eigenvalue weighted by Crippen LogP contribution is 2.44. The van der Waals surface area contributed by atoms with Gasteiger partial charge in [0.15, 0.2) is 0 Å². The summed E-state index contributed by atoms with van der Waals surface area (Å²) < 4.78 is 0. The molecule has 0 radical (unpaired) electrons. The molecule has 0 bridgehead atoms. The number of benzene rings is 6. The molecule has 0 fully saturated rings. The van der Waals surface area contributed by atoms with Crippen LogP contribution in [0.15, 0.2) is 109 Å². The third kappa shape index (κ3) is 9.76. The van der Waals surface area contributed by atoms with Gasteiger partial charge in [-0.25, -0.2) is 0 Å². The predicted molar refractivity (Wildman–Crippen MR) is 264 cm³/mol. The summed E-state index contributed by atoms with van der Waals surface area (Å²) in [4.78, 5) is 4.96. The van der Waals surface area contributed by atoms with Crippen LogP contribution in [0.2, 0.25) is 0 Å². The lowest BCUT2D eigenvalue weighted by atomic mass is 9.87. The number of aryl methyl sites for hydroxylation is 8. The molecule has 6 aromatic carbocycles. The molecule has 0 atom stereocenters. The van der Waals surface area contributed by atoms with E-state index in [0.29, 0.717) is 0 Å². The maximum Gasteiger partial charge on any atom is 0.0520 e. The molecule has 2 nitrogen and oxygen atoms in total. The zero-order valence-corrected chi connectivity index (χ0v) is 39.5. The summed E-state index contributed by atoms with van der Waals surface area (Å²) in [5, 5.41) is 0. The van der Waals surface area contributed by atoms with Crippen molar-refractivity contribution in [2.75, 3.05) is 9.80 Å². The van der Waals surface area contributed by atoms with Gasteiger partial charge in [0.2, 0.25) is 0 Å². The topological polar surface area (TPSA) is 6.48 Å². The molecule has 0 aliphatic heterocycles. The molecule has 0 spiro atoms. The Balaban J connectivity index is 1.43. The Labute approximate surface area is 364 Å². The first-order valence-corrected chi connectivity index (χ1v) is 22.6. The van der Waals surface area contributed by atoms with Crippen molar-refractivity contribution in [1.29, 1.82) is 0 Å². The van der Waals surface area contributed by atoms with Crippen LogP contribution in [0.4, 0.5) is 34.1 Å². The Kier molecular flexibility index (Phi) is 13.5.